The SMILES string of the molecule is [CH2]CC/C=C/Cc1ccc(OC/C=C/CCC)cc1. The van der Waals surface area contributed by atoms with Crippen LogP contribution in [0.15, 0.2) is 48.6 Å². The Labute approximate surface area is 118 Å². The lowest BCUT2D eigenvalue weighted by Crippen LogP contribution is -1.93. The highest BCUT2D eigenvalue weighted by Crippen LogP contribution is 2.13. The summed E-state index contributed by atoms with van der Waals surface area (Å²) in [5.74, 6) is 0.937. The Morgan fingerprint density at radius 3 is 2.42 bits per heavy atom. The summed E-state index contributed by atoms with van der Waals surface area (Å²) in [6.07, 6.45) is 14.0. The van der Waals surface area contributed by atoms with Crippen molar-refractivity contribution in [1.82, 2.24) is 0 Å². The zero-order valence-electron chi connectivity index (χ0n) is 12.0. The smallest absolute Gasteiger partial charge is 0.119 e. The van der Waals surface area contributed by atoms with E-state index in [2.05, 4.69) is 50.3 Å². The minimum Gasteiger partial charge on any atom is -0.490 e. The van der Waals surface area contributed by atoms with Crippen molar-refractivity contribution in [2.75, 3.05) is 6.61 Å². The van der Waals surface area contributed by atoms with Crippen LogP contribution in [0.5, 0.6) is 5.75 Å². The topological polar surface area (TPSA) is 9.23 Å². The van der Waals surface area contributed by atoms with Gasteiger partial charge in [0.2, 0.25) is 0 Å². The molecule has 0 heterocycles. The summed E-state index contributed by atoms with van der Waals surface area (Å²) < 4.78 is 5.64. The minimum atomic E-state index is 0.656. The zero-order valence-corrected chi connectivity index (χ0v) is 12.0. The van der Waals surface area contributed by atoms with E-state index in [4.69, 9.17) is 4.74 Å². The van der Waals surface area contributed by atoms with E-state index in [1.807, 2.05) is 12.1 Å². The van der Waals surface area contributed by atoms with Gasteiger partial charge in [0.05, 0.1) is 0 Å². The number of unbranched alkanes of at least 4 members (excludes halogenated alkanes) is 2. The predicted molar refractivity (Wildman–Crippen MR) is 83.4 cm³/mol. The Morgan fingerprint density at radius 2 is 1.74 bits per heavy atom. The van der Waals surface area contributed by atoms with Gasteiger partial charge in [0.15, 0.2) is 0 Å². The summed E-state index contributed by atoms with van der Waals surface area (Å²) in [7, 11) is 0. The molecule has 0 aliphatic heterocycles. The average molecular weight is 257 g/mol. The maximum Gasteiger partial charge on any atom is 0.119 e. The molecule has 0 spiro atoms. The molecule has 0 atom stereocenters. The maximum atomic E-state index is 5.64. The first-order chi connectivity index (χ1) is 9.36. The molecular formula is C18H25O. The molecule has 1 radical (unpaired) electrons. The van der Waals surface area contributed by atoms with Crippen molar-refractivity contribution in [3.8, 4) is 5.75 Å². The number of allylic oxidation sites excluding steroid dienone is 3. The van der Waals surface area contributed by atoms with Gasteiger partial charge < -0.3 is 4.74 Å². The third kappa shape index (κ3) is 7.50. The fourth-order valence-electron chi connectivity index (χ4n) is 1.67. The van der Waals surface area contributed by atoms with Crippen LogP contribution in [0.2, 0.25) is 0 Å². The van der Waals surface area contributed by atoms with Crippen molar-refractivity contribution >= 4 is 0 Å². The molecule has 0 saturated heterocycles. The van der Waals surface area contributed by atoms with Crippen LogP contribution in [-0.4, -0.2) is 6.61 Å². The van der Waals surface area contributed by atoms with Crippen LogP contribution in [0.3, 0.4) is 0 Å². The molecule has 19 heavy (non-hydrogen) atoms. The van der Waals surface area contributed by atoms with Crippen molar-refractivity contribution in [2.45, 2.75) is 39.0 Å². The highest BCUT2D eigenvalue weighted by Gasteiger charge is 1.93. The fraction of sp³-hybridized carbons (Fsp3) is 0.389. The fourth-order valence-corrected chi connectivity index (χ4v) is 1.67. The first kappa shape index (κ1) is 15.6. The molecule has 0 aliphatic rings. The van der Waals surface area contributed by atoms with Crippen molar-refractivity contribution in [1.29, 1.82) is 0 Å². The van der Waals surface area contributed by atoms with Gasteiger partial charge >= 0.3 is 0 Å². The van der Waals surface area contributed by atoms with E-state index in [1.165, 1.54) is 12.0 Å². The monoisotopic (exact) mass is 257 g/mol. The normalized spacial score (nSPS) is 11.5. The second-order valence-corrected chi connectivity index (χ2v) is 4.53. The average Bonchev–Trinajstić information content (AvgIpc) is 2.45. The van der Waals surface area contributed by atoms with E-state index in [-0.39, 0.29) is 0 Å². The van der Waals surface area contributed by atoms with E-state index < -0.39 is 0 Å². The Balaban J connectivity index is 2.31. The zero-order chi connectivity index (χ0) is 13.8. The highest BCUT2D eigenvalue weighted by atomic mass is 16.5. The van der Waals surface area contributed by atoms with E-state index in [0.29, 0.717) is 6.61 Å². The molecule has 0 aliphatic carbocycles. The first-order valence-corrected chi connectivity index (χ1v) is 7.17. The number of hydrogen-bond acceptors (Lipinski definition) is 1. The summed E-state index contributed by atoms with van der Waals surface area (Å²) in [6.45, 7) is 6.65. The Morgan fingerprint density at radius 1 is 1.00 bits per heavy atom. The van der Waals surface area contributed by atoms with Gasteiger partial charge in [0.1, 0.15) is 12.4 Å². The predicted octanol–water partition coefficient (Wildman–Crippen LogP) is 5.13. The molecule has 0 fully saturated rings. The van der Waals surface area contributed by atoms with Gasteiger partial charge in [-0.2, -0.15) is 0 Å². The van der Waals surface area contributed by atoms with Crippen molar-refractivity contribution < 1.29 is 4.74 Å². The first-order valence-electron chi connectivity index (χ1n) is 7.17. The van der Waals surface area contributed by atoms with E-state index in [1.54, 1.807) is 0 Å². The Hall–Kier alpha value is -1.50. The molecule has 0 N–H and O–H groups in total. The van der Waals surface area contributed by atoms with Crippen LogP contribution in [0.25, 0.3) is 0 Å². The van der Waals surface area contributed by atoms with Crippen LogP contribution < -0.4 is 4.74 Å². The van der Waals surface area contributed by atoms with Crippen LogP contribution in [-0.2, 0) is 6.42 Å². The van der Waals surface area contributed by atoms with Gasteiger partial charge in [-0.1, -0.05) is 56.7 Å². The standard InChI is InChI=1S/C18H25O/c1-3-5-7-9-11-17-12-14-18(15-13-17)19-16-10-8-6-4-2/h7-10,12-15H,1,3-6,11,16H2,2H3/b9-7+,10-8+. The Bertz CT molecular complexity index is 373. The van der Waals surface area contributed by atoms with Gasteiger partial charge in [-0.25, -0.2) is 0 Å². The quantitative estimate of drug-likeness (QED) is 0.557. The number of benzene rings is 1. The third-order valence-corrected chi connectivity index (χ3v) is 2.78. The lowest BCUT2D eigenvalue weighted by Gasteiger charge is -2.04. The highest BCUT2D eigenvalue weighted by molar-refractivity contribution is 5.28. The second kappa shape index (κ2) is 10.4. The number of ether oxygens (including phenoxy) is 1. The van der Waals surface area contributed by atoms with Gasteiger partial charge in [-0.05, 0) is 43.4 Å². The minimum absolute atomic E-state index is 0.656. The van der Waals surface area contributed by atoms with Crippen LogP contribution in [0.4, 0.5) is 0 Å². The van der Waals surface area contributed by atoms with Gasteiger partial charge in [-0.15, -0.1) is 0 Å². The maximum absolute atomic E-state index is 5.64. The van der Waals surface area contributed by atoms with Crippen LogP contribution in [0.1, 0.15) is 38.2 Å². The second-order valence-electron chi connectivity index (χ2n) is 4.53. The van der Waals surface area contributed by atoms with Crippen molar-refractivity contribution in [3.05, 3.63) is 61.1 Å². The number of rotatable bonds is 9. The number of hydrogen-bond donors (Lipinski definition) is 0. The Kier molecular flexibility index (Phi) is 8.54. The molecule has 1 aromatic carbocycles. The molecule has 103 valence electrons. The molecule has 0 bridgehead atoms. The van der Waals surface area contributed by atoms with Gasteiger partial charge in [-0.3, -0.25) is 0 Å². The van der Waals surface area contributed by atoms with E-state index >= 15 is 0 Å². The third-order valence-electron chi connectivity index (χ3n) is 2.78. The van der Waals surface area contributed by atoms with E-state index in [0.717, 1.165) is 31.4 Å². The van der Waals surface area contributed by atoms with E-state index in [9.17, 15) is 0 Å². The molecule has 0 saturated carbocycles. The van der Waals surface area contributed by atoms with Crippen molar-refractivity contribution in [2.24, 2.45) is 0 Å². The lowest BCUT2D eigenvalue weighted by molar-refractivity contribution is 0.362. The van der Waals surface area contributed by atoms with Crippen LogP contribution in [0, 0.1) is 6.92 Å². The molecule has 1 rings (SSSR count). The summed E-state index contributed by atoms with van der Waals surface area (Å²) in [4.78, 5) is 0. The molecule has 1 heteroatoms. The molecule has 1 aromatic rings. The van der Waals surface area contributed by atoms with Gasteiger partial charge in [0, 0.05) is 0 Å². The van der Waals surface area contributed by atoms with Crippen LogP contribution >= 0.6 is 0 Å². The summed E-state index contributed by atoms with van der Waals surface area (Å²) in [5, 5.41) is 0. The summed E-state index contributed by atoms with van der Waals surface area (Å²) in [5.41, 5.74) is 1.31. The lowest BCUT2D eigenvalue weighted by atomic mass is 10.1. The summed E-state index contributed by atoms with van der Waals surface area (Å²) >= 11 is 0. The molecule has 0 aromatic heterocycles. The summed E-state index contributed by atoms with van der Waals surface area (Å²) in [6, 6.07) is 8.33. The molecule has 1 nitrogen and oxygen atoms in total. The molecular weight excluding hydrogens is 232 g/mol. The van der Waals surface area contributed by atoms with Crippen molar-refractivity contribution in [3.63, 3.8) is 0 Å². The van der Waals surface area contributed by atoms with Gasteiger partial charge in [0.25, 0.3) is 0 Å². The molecule has 0 amide bonds. The molecule has 0 unspecified atom stereocenters. The largest absolute Gasteiger partial charge is 0.490 e.